The molecule has 31 heavy (non-hydrogen) atoms. The van der Waals surface area contributed by atoms with Crippen molar-refractivity contribution in [2.75, 3.05) is 38.6 Å². The lowest BCUT2D eigenvalue weighted by Crippen LogP contribution is -2.37. The molecule has 2 heterocycles. The minimum atomic E-state index is 0.116. The van der Waals surface area contributed by atoms with E-state index in [2.05, 4.69) is 48.3 Å². The number of halogens is 1. The maximum Gasteiger partial charge on any atom is 0.134 e. The van der Waals surface area contributed by atoms with Crippen molar-refractivity contribution in [3.8, 4) is 16.9 Å². The number of anilines is 1. The van der Waals surface area contributed by atoms with E-state index in [0.717, 1.165) is 35.7 Å². The van der Waals surface area contributed by atoms with E-state index < -0.39 is 0 Å². The molecule has 1 saturated carbocycles. The van der Waals surface area contributed by atoms with Crippen LogP contribution < -0.4 is 4.90 Å². The number of pyridine rings is 1. The highest BCUT2D eigenvalue weighted by molar-refractivity contribution is 6.32. The number of nitrogens with zero attached hydrogens (tertiary/aromatic N) is 3. The molecule has 1 aliphatic carbocycles. The first-order valence-electron chi connectivity index (χ1n) is 11.3. The van der Waals surface area contributed by atoms with Crippen molar-refractivity contribution < 1.29 is 5.11 Å². The van der Waals surface area contributed by atoms with Crippen LogP contribution >= 0.6 is 11.6 Å². The van der Waals surface area contributed by atoms with Gasteiger partial charge in [0.15, 0.2) is 0 Å². The second kappa shape index (κ2) is 8.33. The molecule has 0 unspecified atom stereocenters. The van der Waals surface area contributed by atoms with E-state index in [0.29, 0.717) is 10.9 Å². The summed E-state index contributed by atoms with van der Waals surface area (Å²) in [4.78, 5) is 9.74. The Labute approximate surface area is 189 Å². The van der Waals surface area contributed by atoms with E-state index >= 15 is 0 Å². The SMILES string of the molecule is CN(C)CC1CCN(c2c(C3CC3)cnc3ccc(-c4ccc(O)c(Cl)c4)cc23)CC1. The summed E-state index contributed by atoms with van der Waals surface area (Å²) in [6.45, 7) is 3.38. The van der Waals surface area contributed by atoms with Crippen LogP contribution in [-0.2, 0) is 0 Å². The van der Waals surface area contributed by atoms with Crippen LogP contribution in [0.4, 0.5) is 5.69 Å². The van der Waals surface area contributed by atoms with Gasteiger partial charge in [0.1, 0.15) is 5.75 Å². The molecule has 3 aromatic rings. The Morgan fingerprint density at radius 3 is 2.42 bits per heavy atom. The Kier molecular flexibility index (Phi) is 5.53. The van der Waals surface area contributed by atoms with Gasteiger partial charge in [-0.1, -0.05) is 23.7 Å². The van der Waals surface area contributed by atoms with Gasteiger partial charge in [-0.25, -0.2) is 0 Å². The fraction of sp³-hybridized carbons (Fsp3) is 0.423. The van der Waals surface area contributed by atoms with Crippen LogP contribution in [0.25, 0.3) is 22.0 Å². The van der Waals surface area contributed by atoms with Gasteiger partial charge in [-0.05, 0) is 92.6 Å². The van der Waals surface area contributed by atoms with E-state index in [-0.39, 0.29) is 5.75 Å². The first-order valence-corrected chi connectivity index (χ1v) is 11.7. The molecule has 0 atom stereocenters. The van der Waals surface area contributed by atoms with E-state index in [4.69, 9.17) is 16.6 Å². The summed E-state index contributed by atoms with van der Waals surface area (Å²) in [5, 5.41) is 11.4. The number of rotatable bonds is 5. The topological polar surface area (TPSA) is 39.6 Å². The number of phenols is 1. The van der Waals surface area contributed by atoms with Crippen molar-refractivity contribution in [3.05, 3.63) is 53.2 Å². The molecule has 1 aromatic heterocycles. The molecular weight excluding hydrogens is 406 g/mol. The third-order valence-electron chi connectivity index (χ3n) is 6.72. The molecule has 0 radical (unpaired) electrons. The standard InChI is InChI=1S/C26H30ClN3O/c1-29(2)16-17-9-11-30(12-10-17)26-21-13-19(20-6-8-25(31)23(27)14-20)5-7-24(21)28-15-22(26)18-3-4-18/h5-8,13-15,17-18,31H,3-4,9-12,16H2,1-2H3. The van der Waals surface area contributed by atoms with Crippen molar-refractivity contribution in [2.45, 2.75) is 31.6 Å². The summed E-state index contributed by atoms with van der Waals surface area (Å²) < 4.78 is 0. The van der Waals surface area contributed by atoms with Crippen molar-refractivity contribution in [3.63, 3.8) is 0 Å². The number of benzene rings is 2. The molecule has 1 N–H and O–H groups in total. The van der Waals surface area contributed by atoms with E-state index in [9.17, 15) is 5.11 Å². The predicted molar refractivity (Wildman–Crippen MR) is 129 cm³/mol. The van der Waals surface area contributed by atoms with E-state index in [1.54, 1.807) is 6.07 Å². The average molecular weight is 436 g/mol. The summed E-state index contributed by atoms with van der Waals surface area (Å²) in [6.07, 6.45) is 7.13. The summed E-state index contributed by atoms with van der Waals surface area (Å²) in [5.74, 6) is 1.54. The lowest BCUT2D eigenvalue weighted by Gasteiger charge is -2.36. The van der Waals surface area contributed by atoms with Gasteiger partial charge in [0.25, 0.3) is 0 Å². The first-order chi connectivity index (χ1) is 15.0. The molecule has 0 bridgehead atoms. The zero-order valence-electron chi connectivity index (χ0n) is 18.3. The van der Waals surface area contributed by atoms with Gasteiger partial charge in [-0.15, -0.1) is 0 Å². The summed E-state index contributed by atoms with van der Waals surface area (Å²) in [6, 6.07) is 11.9. The van der Waals surface area contributed by atoms with Crippen LogP contribution in [0.1, 0.15) is 37.2 Å². The molecule has 2 aliphatic rings. The molecule has 4 nitrogen and oxygen atoms in total. The highest BCUT2D eigenvalue weighted by Crippen LogP contribution is 2.47. The van der Waals surface area contributed by atoms with Crippen LogP contribution in [0, 0.1) is 5.92 Å². The minimum absolute atomic E-state index is 0.116. The molecule has 2 aromatic carbocycles. The fourth-order valence-electron chi connectivity index (χ4n) is 4.96. The third-order valence-corrected chi connectivity index (χ3v) is 7.02. The van der Waals surface area contributed by atoms with Crippen molar-refractivity contribution in [1.82, 2.24) is 9.88 Å². The van der Waals surface area contributed by atoms with Gasteiger partial charge in [-0.2, -0.15) is 0 Å². The lowest BCUT2D eigenvalue weighted by atomic mass is 9.94. The van der Waals surface area contributed by atoms with Crippen LogP contribution in [0.5, 0.6) is 5.75 Å². The Morgan fingerprint density at radius 1 is 1.03 bits per heavy atom. The minimum Gasteiger partial charge on any atom is -0.506 e. The molecule has 162 valence electrons. The zero-order valence-corrected chi connectivity index (χ0v) is 19.1. The lowest BCUT2D eigenvalue weighted by molar-refractivity contribution is 0.285. The number of aromatic nitrogens is 1. The van der Waals surface area contributed by atoms with Crippen LogP contribution in [0.2, 0.25) is 5.02 Å². The molecule has 2 fully saturated rings. The van der Waals surface area contributed by atoms with Crippen LogP contribution in [-0.4, -0.2) is 48.7 Å². The normalized spacial score (nSPS) is 17.6. The van der Waals surface area contributed by atoms with E-state index in [1.165, 1.54) is 48.9 Å². The number of hydrogen-bond donors (Lipinski definition) is 1. The largest absolute Gasteiger partial charge is 0.506 e. The Balaban J connectivity index is 1.55. The van der Waals surface area contributed by atoms with Gasteiger partial charge < -0.3 is 14.9 Å². The fourth-order valence-corrected chi connectivity index (χ4v) is 5.14. The van der Waals surface area contributed by atoms with Gasteiger partial charge in [-0.3, -0.25) is 4.98 Å². The number of hydrogen-bond acceptors (Lipinski definition) is 4. The van der Waals surface area contributed by atoms with Gasteiger partial charge in [0.2, 0.25) is 0 Å². The van der Waals surface area contributed by atoms with Gasteiger partial charge >= 0.3 is 0 Å². The molecule has 5 rings (SSSR count). The van der Waals surface area contributed by atoms with E-state index in [1.807, 2.05) is 12.1 Å². The highest BCUT2D eigenvalue weighted by Gasteiger charge is 2.31. The molecule has 0 spiro atoms. The number of fused-ring (bicyclic) bond motifs is 1. The maximum atomic E-state index is 9.81. The predicted octanol–water partition coefficient (Wildman–Crippen LogP) is 5.92. The smallest absolute Gasteiger partial charge is 0.134 e. The van der Waals surface area contributed by atoms with Gasteiger partial charge in [0.05, 0.1) is 16.2 Å². The quantitative estimate of drug-likeness (QED) is 0.540. The molecule has 5 heteroatoms. The molecular formula is C26H30ClN3O. The molecule has 1 aliphatic heterocycles. The second-order valence-electron chi connectivity index (χ2n) is 9.43. The number of aromatic hydroxyl groups is 1. The first kappa shape index (κ1) is 20.6. The summed E-state index contributed by atoms with van der Waals surface area (Å²) >= 11 is 6.19. The Hall–Kier alpha value is -2.30. The van der Waals surface area contributed by atoms with Gasteiger partial charge in [0, 0.05) is 31.2 Å². The number of phenolic OH excluding ortho intramolecular Hbond substituents is 1. The van der Waals surface area contributed by atoms with Crippen molar-refractivity contribution in [1.29, 1.82) is 0 Å². The Morgan fingerprint density at radius 2 is 1.74 bits per heavy atom. The molecule has 0 amide bonds. The van der Waals surface area contributed by atoms with Crippen LogP contribution in [0.3, 0.4) is 0 Å². The van der Waals surface area contributed by atoms with Crippen molar-refractivity contribution in [2.24, 2.45) is 5.92 Å². The Bertz CT molecular complexity index is 1100. The third kappa shape index (κ3) is 4.24. The number of piperidine rings is 1. The second-order valence-corrected chi connectivity index (χ2v) is 9.83. The highest BCUT2D eigenvalue weighted by atomic mass is 35.5. The molecule has 1 saturated heterocycles. The summed E-state index contributed by atoms with van der Waals surface area (Å²) in [5.41, 5.74) is 5.97. The monoisotopic (exact) mass is 435 g/mol. The van der Waals surface area contributed by atoms with Crippen molar-refractivity contribution >= 4 is 28.2 Å². The average Bonchev–Trinajstić information content (AvgIpc) is 3.60. The van der Waals surface area contributed by atoms with Crippen LogP contribution in [0.15, 0.2) is 42.6 Å². The summed E-state index contributed by atoms with van der Waals surface area (Å²) in [7, 11) is 4.34. The zero-order chi connectivity index (χ0) is 21.5. The maximum absolute atomic E-state index is 9.81.